The van der Waals surface area contributed by atoms with Gasteiger partial charge >= 0.3 is 0 Å². The zero-order valence-electron chi connectivity index (χ0n) is 14.1. The van der Waals surface area contributed by atoms with Crippen molar-refractivity contribution in [1.29, 1.82) is 0 Å². The zero-order chi connectivity index (χ0) is 19.2. The fourth-order valence-electron chi connectivity index (χ4n) is 3.98. The first kappa shape index (κ1) is 19.6. The van der Waals surface area contributed by atoms with Gasteiger partial charge in [0.05, 0.1) is 30.5 Å². The normalized spacial score (nSPS) is 51.3. The Bertz CT molecular complexity index is 565. The average molecular weight is 376 g/mol. The summed E-state index contributed by atoms with van der Waals surface area (Å²) in [4.78, 5) is 11.2. The molecule has 0 spiro atoms. The fraction of sp³-hybridized carbons (Fsp3) is 0.812. The molecule has 6 N–H and O–H groups in total. The standard InChI is InChI=1S/C16H24O10/c1-6-8(19)2-16(23)7(3-17)5-24-14(10(6)16)26-15-13(22)12(21)11(20)9(4-18)25-15/h3,5-6,8-15,18-23H,2,4H2,1H3/t6-,8+,9-,10-,11-,12+,13-,14+,15+,16+/m1/s1. The van der Waals surface area contributed by atoms with Gasteiger partial charge in [0.2, 0.25) is 6.29 Å². The molecular formula is C16H24O10. The molecule has 10 atom stereocenters. The first-order valence-corrected chi connectivity index (χ1v) is 8.42. The Morgan fingerprint density at radius 2 is 1.92 bits per heavy atom. The van der Waals surface area contributed by atoms with Crippen LogP contribution in [0.3, 0.4) is 0 Å². The molecule has 1 saturated carbocycles. The van der Waals surface area contributed by atoms with Crippen LogP contribution in [-0.2, 0) is 19.0 Å². The first-order valence-electron chi connectivity index (χ1n) is 8.42. The minimum absolute atomic E-state index is 0.0282. The Labute approximate surface area is 149 Å². The maximum atomic E-state index is 11.2. The Morgan fingerprint density at radius 1 is 1.23 bits per heavy atom. The van der Waals surface area contributed by atoms with Crippen LogP contribution in [0.5, 0.6) is 0 Å². The van der Waals surface area contributed by atoms with Gasteiger partial charge in [-0.15, -0.1) is 0 Å². The molecule has 26 heavy (non-hydrogen) atoms. The molecule has 2 heterocycles. The second-order valence-corrected chi connectivity index (χ2v) is 7.11. The van der Waals surface area contributed by atoms with E-state index in [1.54, 1.807) is 6.92 Å². The van der Waals surface area contributed by atoms with Crippen molar-refractivity contribution in [2.24, 2.45) is 11.8 Å². The monoisotopic (exact) mass is 376 g/mol. The number of ether oxygens (including phenoxy) is 3. The number of hydrogen-bond donors (Lipinski definition) is 6. The highest BCUT2D eigenvalue weighted by Gasteiger charge is 2.60. The minimum atomic E-state index is -1.67. The molecule has 0 unspecified atom stereocenters. The Kier molecular flexibility index (Phi) is 5.39. The molecule has 10 nitrogen and oxygen atoms in total. The van der Waals surface area contributed by atoms with Gasteiger partial charge in [-0.3, -0.25) is 4.79 Å². The summed E-state index contributed by atoms with van der Waals surface area (Å²) in [5, 5.41) is 60.0. The van der Waals surface area contributed by atoms with Crippen molar-refractivity contribution in [2.45, 2.75) is 62.0 Å². The van der Waals surface area contributed by atoms with Gasteiger partial charge in [0, 0.05) is 6.42 Å². The topological polar surface area (TPSA) is 166 Å². The van der Waals surface area contributed by atoms with Gasteiger partial charge in [0.1, 0.15) is 30.0 Å². The third kappa shape index (κ3) is 2.96. The summed E-state index contributed by atoms with van der Waals surface area (Å²) in [5.41, 5.74) is -1.70. The summed E-state index contributed by atoms with van der Waals surface area (Å²) in [6.45, 7) is 1.04. The second-order valence-electron chi connectivity index (χ2n) is 7.11. The SMILES string of the molecule is C[C@H]1[C@@H]2[C@H](O[C@@H]3O[C@H](CO)[C@@H](O)[C@H](O)[C@H]3O)OC=C(C=O)[C@@]2(O)C[C@@H]1O. The third-order valence-corrected chi connectivity index (χ3v) is 5.61. The first-order chi connectivity index (χ1) is 12.2. The molecule has 0 amide bonds. The smallest absolute Gasteiger partial charge is 0.208 e. The summed E-state index contributed by atoms with van der Waals surface area (Å²) in [5.74, 6) is -1.34. The molecule has 2 fully saturated rings. The Hall–Kier alpha value is -1.11. The molecular weight excluding hydrogens is 352 g/mol. The van der Waals surface area contributed by atoms with E-state index < -0.39 is 67.1 Å². The van der Waals surface area contributed by atoms with Gasteiger partial charge < -0.3 is 44.8 Å². The van der Waals surface area contributed by atoms with Gasteiger partial charge in [-0.05, 0) is 5.92 Å². The Balaban J connectivity index is 1.83. The molecule has 0 aromatic rings. The predicted octanol–water partition coefficient (Wildman–Crippen LogP) is -3.01. The number of aliphatic hydroxyl groups is 6. The highest BCUT2D eigenvalue weighted by molar-refractivity contribution is 5.76. The van der Waals surface area contributed by atoms with Crippen molar-refractivity contribution in [3.8, 4) is 0 Å². The average Bonchev–Trinajstić information content (AvgIpc) is 2.85. The van der Waals surface area contributed by atoms with E-state index in [1.165, 1.54) is 0 Å². The molecule has 2 aliphatic heterocycles. The summed E-state index contributed by atoms with van der Waals surface area (Å²) in [6.07, 6.45) is -8.12. The van der Waals surface area contributed by atoms with Gasteiger partial charge in [-0.1, -0.05) is 6.92 Å². The largest absolute Gasteiger partial charge is 0.471 e. The highest BCUT2D eigenvalue weighted by atomic mass is 16.8. The van der Waals surface area contributed by atoms with Gasteiger partial charge in [-0.2, -0.15) is 0 Å². The molecule has 0 bridgehead atoms. The minimum Gasteiger partial charge on any atom is -0.471 e. The van der Waals surface area contributed by atoms with Gasteiger partial charge in [-0.25, -0.2) is 0 Å². The summed E-state index contributed by atoms with van der Waals surface area (Å²) in [7, 11) is 0. The number of hydrogen-bond acceptors (Lipinski definition) is 10. The Morgan fingerprint density at radius 3 is 2.54 bits per heavy atom. The maximum absolute atomic E-state index is 11.2. The maximum Gasteiger partial charge on any atom is 0.208 e. The van der Waals surface area contributed by atoms with Crippen LogP contribution in [0, 0.1) is 11.8 Å². The number of rotatable bonds is 4. The van der Waals surface area contributed by atoms with E-state index in [-0.39, 0.29) is 12.0 Å². The van der Waals surface area contributed by atoms with Crippen LogP contribution < -0.4 is 0 Å². The highest BCUT2D eigenvalue weighted by Crippen LogP contribution is 2.49. The third-order valence-electron chi connectivity index (χ3n) is 5.61. The van der Waals surface area contributed by atoms with Crippen molar-refractivity contribution >= 4 is 6.29 Å². The fourth-order valence-corrected chi connectivity index (χ4v) is 3.98. The van der Waals surface area contributed by atoms with Crippen molar-refractivity contribution in [3.63, 3.8) is 0 Å². The van der Waals surface area contributed by atoms with E-state index in [1.807, 2.05) is 0 Å². The number of aliphatic hydroxyl groups excluding tert-OH is 5. The van der Waals surface area contributed by atoms with Crippen LogP contribution in [0.15, 0.2) is 11.8 Å². The van der Waals surface area contributed by atoms with E-state index in [2.05, 4.69) is 0 Å². The van der Waals surface area contributed by atoms with Crippen LogP contribution in [0.4, 0.5) is 0 Å². The van der Waals surface area contributed by atoms with Crippen LogP contribution in [0.1, 0.15) is 13.3 Å². The van der Waals surface area contributed by atoms with Gasteiger partial charge in [0.15, 0.2) is 12.6 Å². The van der Waals surface area contributed by atoms with E-state index in [0.717, 1.165) is 6.26 Å². The van der Waals surface area contributed by atoms with Crippen molar-refractivity contribution < 1.29 is 49.6 Å². The van der Waals surface area contributed by atoms with Crippen LogP contribution in [-0.4, -0.2) is 92.2 Å². The molecule has 10 heteroatoms. The number of fused-ring (bicyclic) bond motifs is 1. The number of aldehydes is 1. The molecule has 1 saturated heterocycles. The summed E-state index contributed by atoms with van der Waals surface area (Å²) >= 11 is 0. The van der Waals surface area contributed by atoms with E-state index >= 15 is 0 Å². The molecule has 3 rings (SSSR count). The van der Waals surface area contributed by atoms with Gasteiger partial charge in [0.25, 0.3) is 0 Å². The van der Waals surface area contributed by atoms with Crippen molar-refractivity contribution in [1.82, 2.24) is 0 Å². The van der Waals surface area contributed by atoms with Crippen LogP contribution in [0.25, 0.3) is 0 Å². The lowest BCUT2D eigenvalue weighted by Gasteiger charge is -2.44. The van der Waals surface area contributed by atoms with E-state index in [9.17, 15) is 35.4 Å². The van der Waals surface area contributed by atoms with Crippen LogP contribution >= 0.6 is 0 Å². The molecule has 0 radical (unpaired) electrons. The lowest BCUT2D eigenvalue weighted by Crippen LogP contribution is -2.61. The predicted molar refractivity (Wildman–Crippen MR) is 82.1 cm³/mol. The number of carbonyl (C=O) groups excluding carboxylic acids is 1. The van der Waals surface area contributed by atoms with E-state index in [4.69, 9.17) is 14.2 Å². The van der Waals surface area contributed by atoms with E-state index in [0.29, 0.717) is 6.29 Å². The molecule has 1 aliphatic carbocycles. The van der Waals surface area contributed by atoms with Crippen LogP contribution in [0.2, 0.25) is 0 Å². The van der Waals surface area contributed by atoms with Crippen molar-refractivity contribution in [2.75, 3.05) is 6.61 Å². The zero-order valence-corrected chi connectivity index (χ0v) is 14.1. The lowest BCUT2D eigenvalue weighted by molar-refractivity contribution is -0.346. The molecule has 148 valence electrons. The van der Waals surface area contributed by atoms with Crippen molar-refractivity contribution in [3.05, 3.63) is 11.8 Å². The number of carbonyl (C=O) groups is 1. The molecule has 3 aliphatic rings. The second kappa shape index (κ2) is 7.13. The summed E-state index contributed by atoms with van der Waals surface area (Å²) < 4.78 is 16.2. The quantitative estimate of drug-likeness (QED) is 0.278. The lowest BCUT2D eigenvalue weighted by atomic mass is 9.79. The molecule has 0 aromatic heterocycles. The summed E-state index contributed by atoms with van der Waals surface area (Å²) in [6, 6.07) is 0. The molecule has 0 aromatic carbocycles.